The lowest BCUT2D eigenvalue weighted by Gasteiger charge is -2.25. The summed E-state index contributed by atoms with van der Waals surface area (Å²) in [6.07, 6.45) is 1.52. The first-order chi connectivity index (χ1) is 12.0. The zero-order valence-electron chi connectivity index (χ0n) is 16.9. The number of hydrogen-bond donors (Lipinski definition) is 0. The van der Waals surface area contributed by atoms with E-state index in [9.17, 15) is 9.59 Å². The summed E-state index contributed by atoms with van der Waals surface area (Å²) in [7, 11) is 0.663. The molecule has 144 valence electrons. The van der Waals surface area contributed by atoms with Crippen LogP contribution in [0.15, 0.2) is 23.2 Å². The Labute approximate surface area is 162 Å². The van der Waals surface area contributed by atoms with Gasteiger partial charge in [-0.05, 0) is 0 Å². The van der Waals surface area contributed by atoms with Crippen LogP contribution >= 0.6 is 10.7 Å². The summed E-state index contributed by atoms with van der Waals surface area (Å²) in [6.45, 7) is 20.0. The smallest absolute Gasteiger partial charge is 0.227 e. The molecule has 5 nitrogen and oxygen atoms in total. The molecular weight excluding hydrogens is 378 g/mol. The number of nitrogens with zero attached hydrogens (tertiary/aromatic N) is 3. The maximum absolute atomic E-state index is 12.4. The van der Waals surface area contributed by atoms with Crippen molar-refractivity contribution in [3.8, 4) is 0 Å². The minimum absolute atomic E-state index is 0.00546. The maximum Gasteiger partial charge on any atom is 0.227 e. The molecule has 0 radical (unpaired) electrons. The predicted octanol–water partition coefficient (Wildman–Crippen LogP) is 2.57. The Morgan fingerprint density at radius 1 is 0.731 bits per heavy atom. The van der Waals surface area contributed by atoms with Gasteiger partial charge in [0.2, 0.25) is 11.6 Å². The van der Waals surface area contributed by atoms with E-state index in [0.29, 0.717) is 17.1 Å². The molecule has 3 fully saturated rings. The average molecular weight is 410 g/mol. The first kappa shape index (κ1) is 19.8. The average Bonchev–Trinajstić information content (AvgIpc) is 3.33. The van der Waals surface area contributed by atoms with Gasteiger partial charge in [-0.15, -0.1) is 0 Å². The fourth-order valence-corrected chi connectivity index (χ4v) is 27.1. The van der Waals surface area contributed by atoms with Crippen molar-refractivity contribution < 1.29 is 9.59 Å². The van der Waals surface area contributed by atoms with Crippen molar-refractivity contribution in [1.82, 2.24) is 14.7 Å². The lowest BCUT2D eigenvalue weighted by molar-refractivity contribution is -0.117. The minimum Gasteiger partial charge on any atom is -0.365 e. The number of carbonyl (C=O) groups excluding carboxylic acids is 2. The van der Waals surface area contributed by atoms with E-state index in [1.807, 2.05) is 14.7 Å². The molecule has 0 saturated carbocycles. The van der Waals surface area contributed by atoms with Gasteiger partial charge in [-0.2, -0.15) is 0 Å². The Kier molecular flexibility index (Phi) is 5.22. The molecule has 0 aromatic rings. The summed E-state index contributed by atoms with van der Waals surface area (Å²) < 4.78 is 0. The number of hydrogen-bond acceptors (Lipinski definition) is 6. The fourth-order valence-electron chi connectivity index (χ4n) is 3.19. The number of carbonyl (C=O) groups is 2. The second-order valence-corrected chi connectivity index (χ2v) is 27.7. The molecule has 0 bridgehead atoms. The van der Waals surface area contributed by atoms with Crippen molar-refractivity contribution in [2.45, 2.75) is 39.3 Å². The third-order valence-corrected chi connectivity index (χ3v) is 20.0. The second kappa shape index (κ2) is 6.87. The quantitative estimate of drug-likeness (QED) is 0.395. The summed E-state index contributed by atoms with van der Waals surface area (Å²) >= 11 is 0. The van der Waals surface area contributed by atoms with Gasteiger partial charge in [-0.3, -0.25) is 9.59 Å². The molecular formula is C18H31N3O2SSi2. The van der Waals surface area contributed by atoms with E-state index in [2.05, 4.69) is 49.9 Å². The zero-order chi connectivity index (χ0) is 19.3. The van der Waals surface area contributed by atoms with Gasteiger partial charge in [0.1, 0.15) is 25.8 Å². The Morgan fingerprint density at radius 2 is 1.15 bits per heavy atom. The molecule has 0 aromatic heterocycles. The van der Waals surface area contributed by atoms with E-state index in [4.69, 9.17) is 0 Å². The molecule has 0 unspecified atom stereocenters. The second-order valence-electron chi connectivity index (χ2n) is 9.21. The topological polar surface area (TPSA) is 43.2 Å². The normalized spacial score (nSPS) is 22.2. The van der Waals surface area contributed by atoms with Crippen LogP contribution in [0, 0.1) is 0 Å². The maximum atomic E-state index is 12.4. The number of rotatable bonds is 5. The van der Waals surface area contributed by atoms with Gasteiger partial charge < -0.3 is 14.7 Å². The van der Waals surface area contributed by atoms with E-state index in [0.717, 1.165) is 39.3 Å². The summed E-state index contributed by atoms with van der Waals surface area (Å²) in [5, 5.41) is 0. The van der Waals surface area contributed by atoms with Gasteiger partial charge in [0.25, 0.3) is 0 Å². The summed E-state index contributed by atoms with van der Waals surface area (Å²) in [4.78, 5) is 30.5. The highest BCUT2D eigenvalue weighted by atomic mass is 32.5. The van der Waals surface area contributed by atoms with Gasteiger partial charge >= 0.3 is 0 Å². The van der Waals surface area contributed by atoms with E-state index in [-0.39, 0.29) is 11.6 Å². The molecule has 3 saturated heterocycles. The van der Waals surface area contributed by atoms with Crippen LogP contribution < -0.4 is 0 Å². The van der Waals surface area contributed by atoms with Crippen molar-refractivity contribution in [3.05, 3.63) is 23.2 Å². The highest BCUT2D eigenvalue weighted by Gasteiger charge is 2.43. The van der Waals surface area contributed by atoms with E-state index in [1.165, 1.54) is 6.08 Å². The number of allylic oxidation sites excluding steroid dienone is 1. The SMILES string of the molecule is C[Si](C)(C)S[Si](C)(C)C.O=C1C=C(N2CC2)C(=O)C(N2CC2)=C1N1CC1. The first-order valence-corrected chi connectivity index (χ1v) is 18.7. The predicted molar refractivity (Wildman–Crippen MR) is 114 cm³/mol. The highest BCUT2D eigenvalue weighted by Crippen LogP contribution is 2.34. The molecule has 4 rings (SSSR count). The van der Waals surface area contributed by atoms with Gasteiger partial charge in [0.15, 0.2) is 0 Å². The molecule has 0 aromatic carbocycles. The van der Waals surface area contributed by atoms with Gasteiger partial charge in [0.05, 0.1) is 5.70 Å². The summed E-state index contributed by atoms with van der Waals surface area (Å²) in [5.74, 6) is 0.0485. The molecule has 26 heavy (non-hydrogen) atoms. The third-order valence-electron chi connectivity index (χ3n) is 4.10. The van der Waals surface area contributed by atoms with E-state index >= 15 is 0 Å². The molecule has 0 amide bonds. The van der Waals surface area contributed by atoms with Crippen LogP contribution in [-0.2, 0) is 9.59 Å². The Bertz CT molecular complexity index is 668. The van der Waals surface area contributed by atoms with Crippen LogP contribution in [0.3, 0.4) is 0 Å². The van der Waals surface area contributed by atoms with Crippen molar-refractivity contribution in [2.24, 2.45) is 0 Å². The third kappa shape index (κ3) is 5.26. The van der Waals surface area contributed by atoms with Crippen LogP contribution in [0.4, 0.5) is 0 Å². The van der Waals surface area contributed by atoms with Crippen molar-refractivity contribution >= 4 is 36.7 Å². The number of ketones is 2. The lowest BCUT2D eigenvalue weighted by atomic mass is 10.0. The molecule has 4 aliphatic rings. The van der Waals surface area contributed by atoms with Crippen LogP contribution in [-0.4, -0.2) is 80.0 Å². The molecule has 3 aliphatic heterocycles. The first-order valence-electron chi connectivity index (χ1n) is 9.46. The molecule has 1 aliphatic carbocycles. The molecule has 0 N–H and O–H groups in total. The Balaban J connectivity index is 0.000000188. The van der Waals surface area contributed by atoms with Crippen LogP contribution in [0.2, 0.25) is 39.3 Å². The fraction of sp³-hybridized carbons (Fsp3) is 0.667. The van der Waals surface area contributed by atoms with Crippen LogP contribution in [0.5, 0.6) is 0 Å². The highest BCUT2D eigenvalue weighted by molar-refractivity contribution is 8.49. The largest absolute Gasteiger partial charge is 0.365 e. The minimum atomic E-state index is -0.814. The Morgan fingerprint density at radius 3 is 1.50 bits per heavy atom. The van der Waals surface area contributed by atoms with Crippen LogP contribution in [0.1, 0.15) is 0 Å². The number of Topliss-reactive ketones (excluding diaryl/α,β-unsaturated/α-hetero) is 1. The molecule has 0 atom stereocenters. The Hall–Kier alpha value is -0.996. The monoisotopic (exact) mass is 409 g/mol. The lowest BCUT2D eigenvalue weighted by Crippen LogP contribution is -2.29. The molecule has 3 heterocycles. The van der Waals surface area contributed by atoms with E-state index < -0.39 is 14.4 Å². The van der Waals surface area contributed by atoms with Crippen LogP contribution in [0.25, 0.3) is 0 Å². The molecule has 0 spiro atoms. The van der Waals surface area contributed by atoms with Crippen molar-refractivity contribution in [1.29, 1.82) is 0 Å². The van der Waals surface area contributed by atoms with Gasteiger partial charge in [-0.1, -0.05) is 39.3 Å². The molecule has 8 heteroatoms. The summed E-state index contributed by atoms with van der Waals surface area (Å²) in [5.41, 5.74) is 1.89. The summed E-state index contributed by atoms with van der Waals surface area (Å²) in [6, 6.07) is 0. The van der Waals surface area contributed by atoms with Gasteiger partial charge in [-0.25, -0.2) is 10.7 Å². The van der Waals surface area contributed by atoms with Gasteiger partial charge in [0, 0.05) is 45.3 Å². The van der Waals surface area contributed by atoms with Crippen molar-refractivity contribution in [2.75, 3.05) is 39.3 Å². The zero-order valence-corrected chi connectivity index (χ0v) is 19.7. The van der Waals surface area contributed by atoms with E-state index in [1.54, 1.807) is 0 Å². The van der Waals surface area contributed by atoms with Crippen molar-refractivity contribution in [3.63, 3.8) is 0 Å². The standard InChI is InChI=1S/C12H13N3O2.C6H18SSi2/c16-9-7-8(13-1-2-13)12(17)11(15-5-6-15)10(9)14-3-4-14;1-8(2,3)7-9(4,5)6/h7H,1-6H2;1-6H3.